The van der Waals surface area contributed by atoms with Crippen LogP contribution in [0.25, 0.3) is 0 Å². The molecule has 0 saturated heterocycles. The van der Waals surface area contributed by atoms with Gasteiger partial charge in [0, 0.05) is 13.6 Å². The molecule has 1 aromatic heterocycles. The second-order valence-corrected chi connectivity index (χ2v) is 10.9. The molecular formula is C32H35F3N4O2S. The Labute approximate surface area is 248 Å². The third kappa shape index (κ3) is 9.44. The lowest BCUT2D eigenvalue weighted by molar-refractivity contribution is -0.137. The Hall–Kier alpha value is -4.18. The number of carbonyl (C=O) groups is 2. The van der Waals surface area contributed by atoms with Crippen molar-refractivity contribution in [1.29, 1.82) is 0 Å². The maximum absolute atomic E-state index is 12.9. The smallest absolute Gasteiger partial charge is 0.369 e. The number of hydrogen-bond donors (Lipinski definition) is 2. The number of carbonyl (C=O) groups excluding carboxylic acids is 2. The van der Waals surface area contributed by atoms with E-state index in [0.29, 0.717) is 25.8 Å². The number of rotatable bonds is 10. The maximum atomic E-state index is 12.9. The van der Waals surface area contributed by atoms with Crippen LogP contribution in [-0.4, -0.2) is 30.4 Å². The van der Waals surface area contributed by atoms with Gasteiger partial charge in [0.15, 0.2) is 0 Å². The van der Waals surface area contributed by atoms with Crippen LogP contribution in [0.15, 0.2) is 84.9 Å². The first-order valence-electron chi connectivity index (χ1n) is 13.4. The summed E-state index contributed by atoms with van der Waals surface area (Å²) in [6.45, 7) is 4.41. The zero-order chi connectivity index (χ0) is 30.7. The van der Waals surface area contributed by atoms with Crippen LogP contribution in [0.5, 0.6) is 0 Å². The molecule has 1 unspecified atom stereocenters. The highest BCUT2D eigenvalue weighted by molar-refractivity contribution is 7.15. The normalized spacial score (nSPS) is 11.7. The first-order chi connectivity index (χ1) is 20.0. The summed E-state index contributed by atoms with van der Waals surface area (Å²) in [4.78, 5) is 29.9. The first-order valence-corrected chi connectivity index (χ1v) is 14.3. The van der Waals surface area contributed by atoms with Crippen molar-refractivity contribution in [3.8, 4) is 0 Å². The number of amides is 2. The van der Waals surface area contributed by atoms with Gasteiger partial charge in [-0.1, -0.05) is 72.8 Å². The van der Waals surface area contributed by atoms with E-state index in [2.05, 4.69) is 15.2 Å². The van der Waals surface area contributed by atoms with Gasteiger partial charge in [0.05, 0.1) is 22.7 Å². The Morgan fingerprint density at radius 2 is 1.52 bits per heavy atom. The molecule has 0 aliphatic rings. The molecule has 0 bridgehead atoms. The summed E-state index contributed by atoms with van der Waals surface area (Å²) in [7, 11) is 1.61. The second kappa shape index (κ2) is 15.2. The predicted molar refractivity (Wildman–Crippen MR) is 161 cm³/mol. The molecule has 0 aliphatic carbocycles. The van der Waals surface area contributed by atoms with E-state index in [0.717, 1.165) is 44.5 Å². The highest BCUT2D eigenvalue weighted by Gasteiger charge is 2.31. The summed E-state index contributed by atoms with van der Waals surface area (Å²) in [5.74, 6) is -0.414. The molecule has 222 valence electrons. The molecule has 3 aromatic carbocycles. The van der Waals surface area contributed by atoms with Gasteiger partial charge in [0.1, 0.15) is 11.0 Å². The van der Waals surface area contributed by atoms with Gasteiger partial charge in [0.25, 0.3) is 0 Å². The van der Waals surface area contributed by atoms with Crippen LogP contribution >= 0.6 is 11.3 Å². The molecule has 1 heterocycles. The number of likely N-dealkylation sites (N-methyl/N-ethyl adjacent to an activating group) is 1. The maximum Gasteiger partial charge on any atom is 0.416 e. The highest BCUT2D eigenvalue weighted by Crippen LogP contribution is 2.35. The van der Waals surface area contributed by atoms with Crippen molar-refractivity contribution in [2.24, 2.45) is 5.73 Å². The van der Waals surface area contributed by atoms with Gasteiger partial charge < -0.3 is 16.0 Å². The van der Waals surface area contributed by atoms with E-state index in [1.165, 1.54) is 23.5 Å². The number of anilines is 1. The summed E-state index contributed by atoms with van der Waals surface area (Å²) in [5.41, 5.74) is 7.85. The van der Waals surface area contributed by atoms with Crippen LogP contribution in [0.4, 0.5) is 18.2 Å². The van der Waals surface area contributed by atoms with Gasteiger partial charge in [-0.3, -0.25) is 9.59 Å². The van der Waals surface area contributed by atoms with Crippen LogP contribution in [0, 0.1) is 13.8 Å². The number of halogens is 3. The van der Waals surface area contributed by atoms with E-state index >= 15 is 0 Å². The minimum absolute atomic E-state index is 0.129. The van der Waals surface area contributed by atoms with Crippen molar-refractivity contribution in [1.82, 2.24) is 10.3 Å². The van der Waals surface area contributed by atoms with Gasteiger partial charge in [-0.2, -0.15) is 13.2 Å². The van der Waals surface area contributed by atoms with Gasteiger partial charge in [-0.15, -0.1) is 11.3 Å². The summed E-state index contributed by atoms with van der Waals surface area (Å²) >= 11 is 1.53. The van der Waals surface area contributed by atoms with Crippen molar-refractivity contribution in [2.75, 3.05) is 18.5 Å². The number of aryl methyl sites for hydroxylation is 3. The Kier molecular flexibility index (Phi) is 11.7. The molecule has 0 saturated carbocycles. The monoisotopic (exact) mass is 596 g/mol. The molecule has 6 nitrogen and oxygen atoms in total. The highest BCUT2D eigenvalue weighted by atomic mass is 32.1. The zero-order valence-corrected chi connectivity index (χ0v) is 24.6. The quantitative estimate of drug-likeness (QED) is 0.221. The first kappa shape index (κ1) is 32.3. The Balaban J connectivity index is 0.000000408. The van der Waals surface area contributed by atoms with Crippen molar-refractivity contribution >= 4 is 28.2 Å². The molecule has 1 atom stereocenters. The van der Waals surface area contributed by atoms with Crippen molar-refractivity contribution in [3.63, 3.8) is 0 Å². The molecule has 0 fully saturated rings. The van der Waals surface area contributed by atoms with E-state index in [1.807, 2.05) is 74.5 Å². The Morgan fingerprint density at radius 1 is 0.929 bits per heavy atom. The molecular weight excluding hydrogens is 561 g/mol. The zero-order valence-electron chi connectivity index (χ0n) is 23.8. The summed E-state index contributed by atoms with van der Waals surface area (Å²) in [5, 5.41) is 4.60. The van der Waals surface area contributed by atoms with Gasteiger partial charge >= 0.3 is 6.18 Å². The Morgan fingerprint density at radius 3 is 2.02 bits per heavy atom. The van der Waals surface area contributed by atoms with Crippen molar-refractivity contribution in [3.05, 3.63) is 118 Å². The molecule has 2 amide bonds. The summed E-state index contributed by atoms with van der Waals surface area (Å²) in [6.07, 6.45) is -2.74. The van der Waals surface area contributed by atoms with E-state index in [4.69, 9.17) is 5.73 Å². The molecule has 10 heteroatoms. The number of benzene rings is 3. The molecule has 4 aromatic rings. The number of primary amides is 1. The SMILES string of the molecule is CNC(=O)C(c1ccccc1)N(CCCc1ccc(C(F)(F)F)cc1)c1sc(C)nc1C.NC(=O)Cc1ccccc1. The average Bonchev–Trinajstić information content (AvgIpc) is 3.30. The van der Waals surface area contributed by atoms with E-state index in [1.54, 1.807) is 7.05 Å². The third-order valence-electron chi connectivity index (χ3n) is 6.43. The molecule has 42 heavy (non-hydrogen) atoms. The molecule has 0 aliphatic heterocycles. The number of nitrogens with two attached hydrogens (primary N) is 1. The topological polar surface area (TPSA) is 88.3 Å². The average molecular weight is 597 g/mol. The number of nitrogens with zero attached hydrogens (tertiary/aromatic N) is 2. The van der Waals surface area contributed by atoms with E-state index in [-0.39, 0.29) is 11.8 Å². The fourth-order valence-corrected chi connectivity index (χ4v) is 5.46. The van der Waals surface area contributed by atoms with Crippen molar-refractivity contribution in [2.45, 2.75) is 45.3 Å². The largest absolute Gasteiger partial charge is 0.416 e. The van der Waals surface area contributed by atoms with Gasteiger partial charge in [-0.25, -0.2) is 4.98 Å². The summed E-state index contributed by atoms with van der Waals surface area (Å²) < 4.78 is 38.4. The lowest BCUT2D eigenvalue weighted by atomic mass is 10.0. The van der Waals surface area contributed by atoms with Gasteiger partial charge in [-0.05, 0) is 55.5 Å². The number of alkyl halides is 3. The number of thiazole rings is 1. The molecule has 0 spiro atoms. The van der Waals surface area contributed by atoms with Gasteiger partial charge in [0.2, 0.25) is 11.8 Å². The molecule has 4 rings (SSSR count). The predicted octanol–water partition coefficient (Wildman–Crippen LogP) is 6.42. The van der Waals surface area contributed by atoms with Crippen LogP contribution in [0.1, 0.15) is 45.4 Å². The number of aromatic nitrogens is 1. The molecule has 3 N–H and O–H groups in total. The second-order valence-electron chi connectivity index (χ2n) is 9.67. The standard InChI is InChI=1S/C24H26F3N3OS.C8H9NO/c1-16-23(32-17(2)29-16)30(21(22(31)28-3)19-9-5-4-6-10-19)15-7-8-18-11-13-20(14-12-18)24(25,26)27;9-8(10)6-7-4-2-1-3-5-7/h4-6,9-14,21H,7-8,15H2,1-3H3,(H,28,31);1-5H,6H2,(H2,9,10). The number of nitrogens with one attached hydrogen (secondary N) is 1. The summed E-state index contributed by atoms with van der Waals surface area (Å²) in [6, 6.07) is 23.7. The van der Waals surface area contributed by atoms with Crippen LogP contribution in [0.3, 0.4) is 0 Å². The third-order valence-corrected chi connectivity index (χ3v) is 7.54. The van der Waals surface area contributed by atoms with Crippen LogP contribution in [0.2, 0.25) is 0 Å². The fraction of sp³-hybridized carbons (Fsp3) is 0.281. The van der Waals surface area contributed by atoms with E-state index < -0.39 is 17.8 Å². The van der Waals surface area contributed by atoms with Crippen molar-refractivity contribution < 1.29 is 22.8 Å². The fourth-order valence-electron chi connectivity index (χ4n) is 4.49. The van der Waals surface area contributed by atoms with Crippen LogP contribution < -0.4 is 16.0 Å². The van der Waals surface area contributed by atoms with E-state index in [9.17, 15) is 22.8 Å². The lowest BCUT2D eigenvalue weighted by Gasteiger charge is -2.32. The number of hydrogen-bond acceptors (Lipinski definition) is 5. The Bertz CT molecular complexity index is 1430. The molecule has 0 radical (unpaired) electrons. The minimum atomic E-state index is -4.34. The minimum Gasteiger partial charge on any atom is -0.369 e. The lowest BCUT2D eigenvalue weighted by Crippen LogP contribution is -2.40. The van der Waals surface area contributed by atoms with Crippen LogP contribution in [-0.2, 0) is 28.6 Å².